The topological polar surface area (TPSA) is 68.0 Å². The summed E-state index contributed by atoms with van der Waals surface area (Å²) in [6.45, 7) is 2.21. The molecular weight excluding hydrogens is 350 g/mol. The van der Waals surface area contributed by atoms with E-state index in [-0.39, 0.29) is 5.91 Å². The molecule has 0 atom stereocenters. The number of aromatic nitrogens is 2. The Morgan fingerprint density at radius 3 is 2.46 bits per heavy atom. The molecule has 146 valence electrons. The molecule has 0 aliphatic carbocycles. The van der Waals surface area contributed by atoms with Crippen molar-refractivity contribution in [1.82, 2.24) is 10.2 Å². The molecule has 0 fully saturated rings. The molecule has 1 amide bonds. The zero-order chi connectivity index (χ0) is 19.6. The lowest BCUT2D eigenvalue weighted by molar-refractivity contribution is -0.116. The van der Waals surface area contributed by atoms with E-state index < -0.39 is 0 Å². The lowest BCUT2D eigenvalue weighted by Gasteiger charge is -2.06. The summed E-state index contributed by atoms with van der Waals surface area (Å²) in [5.74, 6) is 1.07. The second-order valence-electron chi connectivity index (χ2n) is 6.92. The maximum absolute atomic E-state index is 12.1. The van der Waals surface area contributed by atoms with Crippen LogP contribution in [-0.4, -0.2) is 16.1 Å². The molecule has 0 bridgehead atoms. The number of unbranched alkanes of at least 4 members (excludes halogenated alkanes) is 2. The molecule has 0 aliphatic rings. The first kappa shape index (κ1) is 19.8. The van der Waals surface area contributed by atoms with E-state index in [2.05, 4.69) is 34.6 Å². The van der Waals surface area contributed by atoms with Crippen molar-refractivity contribution in [2.75, 3.05) is 5.32 Å². The van der Waals surface area contributed by atoms with Crippen LogP contribution in [-0.2, 0) is 17.6 Å². The van der Waals surface area contributed by atoms with Crippen LogP contribution in [0.1, 0.15) is 50.5 Å². The molecular formula is C23H27N3O2. The Morgan fingerprint density at radius 2 is 1.71 bits per heavy atom. The standard InChI is InChI=1S/C23H27N3O2/c1-2-3-5-9-18-14-16-20(17-15-18)24-21(27)12-8-13-22-25-26-23(28-22)19-10-6-4-7-11-19/h4,6-7,10-11,14-17H,2-3,5,8-9,12-13H2,1H3,(H,24,27). The summed E-state index contributed by atoms with van der Waals surface area (Å²) < 4.78 is 5.67. The summed E-state index contributed by atoms with van der Waals surface area (Å²) in [7, 11) is 0. The largest absolute Gasteiger partial charge is 0.421 e. The van der Waals surface area contributed by atoms with Crippen LogP contribution < -0.4 is 5.32 Å². The summed E-state index contributed by atoms with van der Waals surface area (Å²) in [6.07, 6.45) is 6.46. The van der Waals surface area contributed by atoms with Crippen molar-refractivity contribution >= 4 is 11.6 Å². The number of amides is 1. The summed E-state index contributed by atoms with van der Waals surface area (Å²) in [5.41, 5.74) is 3.06. The molecule has 0 spiro atoms. The van der Waals surface area contributed by atoms with Gasteiger partial charge in [-0.05, 0) is 49.1 Å². The van der Waals surface area contributed by atoms with Gasteiger partial charge in [-0.2, -0.15) is 0 Å². The van der Waals surface area contributed by atoms with E-state index in [9.17, 15) is 4.79 Å². The maximum Gasteiger partial charge on any atom is 0.247 e. The Hall–Kier alpha value is -2.95. The molecule has 1 heterocycles. The van der Waals surface area contributed by atoms with Crippen molar-refractivity contribution in [3.05, 3.63) is 66.1 Å². The van der Waals surface area contributed by atoms with Gasteiger partial charge in [0.25, 0.3) is 0 Å². The Labute approximate surface area is 166 Å². The van der Waals surface area contributed by atoms with Crippen LogP contribution in [0.15, 0.2) is 59.0 Å². The molecule has 28 heavy (non-hydrogen) atoms. The van der Waals surface area contributed by atoms with Crippen LogP contribution in [0.25, 0.3) is 11.5 Å². The number of rotatable bonds is 10. The van der Waals surface area contributed by atoms with Gasteiger partial charge in [-0.3, -0.25) is 4.79 Å². The second-order valence-corrected chi connectivity index (χ2v) is 6.92. The van der Waals surface area contributed by atoms with Gasteiger partial charge in [-0.1, -0.05) is 50.1 Å². The smallest absolute Gasteiger partial charge is 0.247 e. The quantitative estimate of drug-likeness (QED) is 0.478. The summed E-state index contributed by atoms with van der Waals surface area (Å²) >= 11 is 0. The van der Waals surface area contributed by atoms with Gasteiger partial charge in [0.2, 0.25) is 17.7 Å². The number of aryl methyl sites for hydroxylation is 2. The molecule has 0 saturated heterocycles. The highest BCUT2D eigenvalue weighted by molar-refractivity contribution is 5.90. The lowest BCUT2D eigenvalue weighted by atomic mass is 10.1. The van der Waals surface area contributed by atoms with Gasteiger partial charge >= 0.3 is 0 Å². The average molecular weight is 377 g/mol. The zero-order valence-corrected chi connectivity index (χ0v) is 16.4. The fourth-order valence-electron chi connectivity index (χ4n) is 3.01. The van der Waals surface area contributed by atoms with Gasteiger partial charge in [-0.25, -0.2) is 0 Å². The van der Waals surface area contributed by atoms with Gasteiger partial charge in [-0.15, -0.1) is 10.2 Å². The van der Waals surface area contributed by atoms with Crippen LogP contribution in [0.3, 0.4) is 0 Å². The first-order valence-electron chi connectivity index (χ1n) is 10.0. The number of nitrogens with zero attached hydrogens (tertiary/aromatic N) is 2. The number of hydrogen-bond donors (Lipinski definition) is 1. The maximum atomic E-state index is 12.1. The van der Waals surface area contributed by atoms with Crippen LogP contribution in [0.2, 0.25) is 0 Å². The first-order valence-corrected chi connectivity index (χ1v) is 10.0. The average Bonchev–Trinajstić information content (AvgIpc) is 3.19. The first-order chi connectivity index (χ1) is 13.7. The number of benzene rings is 2. The molecule has 0 unspecified atom stereocenters. The molecule has 5 heteroatoms. The highest BCUT2D eigenvalue weighted by Gasteiger charge is 2.09. The minimum absolute atomic E-state index is 0.00142. The van der Waals surface area contributed by atoms with E-state index >= 15 is 0 Å². The van der Waals surface area contributed by atoms with Gasteiger partial charge < -0.3 is 9.73 Å². The highest BCUT2D eigenvalue weighted by atomic mass is 16.4. The van der Waals surface area contributed by atoms with E-state index in [0.29, 0.717) is 31.0 Å². The van der Waals surface area contributed by atoms with Crippen molar-refractivity contribution in [1.29, 1.82) is 0 Å². The van der Waals surface area contributed by atoms with E-state index in [1.165, 1.54) is 24.8 Å². The number of anilines is 1. The molecule has 1 N–H and O–H groups in total. The third-order valence-corrected chi connectivity index (χ3v) is 4.59. The molecule has 1 aromatic heterocycles. The SMILES string of the molecule is CCCCCc1ccc(NC(=O)CCCc2nnc(-c3ccccc3)o2)cc1. The molecule has 5 nitrogen and oxygen atoms in total. The second kappa shape index (κ2) is 10.4. The third kappa shape index (κ3) is 6.05. The van der Waals surface area contributed by atoms with E-state index in [0.717, 1.165) is 17.7 Å². The van der Waals surface area contributed by atoms with E-state index in [4.69, 9.17) is 4.42 Å². The lowest BCUT2D eigenvalue weighted by Crippen LogP contribution is -2.11. The third-order valence-electron chi connectivity index (χ3n) is 4.59. The van der Waals surface area contributed by atoms with E-state index in [1.807, 2.05) is 42.5 Å². The van der Waals surface area contributed by atoms with Crippen molar-refractivity contribution in [3.63, 3.8) is 0 Å². The van der Waals surface area contributed by atoms with Crippen molar-refractivity contribution in [2.45, 2.75) is 51.9 Å². The zero-order valence-electron chi connectivity index (χ0n) is 16.4. The number of nitrogens with one attached hydrogen (secondary N) is 1. The van der Waals surface area contributed by atoms with E-state index in [1.54, 1.807) is 0 Å². The van der Waals surface area contributed by atoms with Crippen molar-refractivity contribution in [3.8, 4) is 11.5 Å². The Bertz CT molecular complexity index is 857. The Morgan fingerprint density at radius 1 is 0.929 bits per heavy atom. The van der Waals surface area contributed by atoms with Crippen molar-refractivity contribution in [2.24, 2.45) is 0 Å². The van der Waals surface area contributed by atoms with Gasteiger partial charge in [0.1, 0.15) is 0 Å². The highest BCUT2D eigenvalue weighted by Crippen LogP contribution is 2.18. The fraction of sp³-hybridized carbons (Fsp3) is 0.348. The van der Waals surface area contributed by atoms with Crippen LogP contribution in [0, 0.1) is 0 Å². The summed E-state index contributed by atoms with van der Waals surface area (Å²) in [6, 6.07) is 17.8. The molecule has 0 saturated carbocycles. The van der Waals surface area contributed by atoms with Gasteiger partial charge in [0.15, 0.2) is 0 Å². The molecule has 0 aliphatic heterocycles. The van der Waals surface area contributed by atoms with Crippen molar-refractivity contribution < 1.29 is 9.21 Å². The molecule has 2 aromatic carbocycles. The van der Waals surface area contributed by atoms with Gasteiger partial charge in [0.05, 0.1) is 0 Å². The monoisotopic (exact) mass is 377 g/mol. The predicted octanol–water partition coefficient (Wildman–Crippen LogP) is 5.43. The summed E-state index contributed by atoms with van der Waals surface area (Å²) in [5, 5.41) is 11.1. The fourth-order valence-corrected chi connectivity index (χ4v) is 3.01. The Kier molecular flexibility index (Phi) is 7.36. The predicted molar refractivity (Wildman–Crippen MR) is 111 cm³/mol. The minimum Gasteiger partial charge on any atom is -0.421 e. The number of carbonyl (C=O) groups excluding carboxylic acids is 1. The Balaban J connectivity index is 1.40. The molecule has 0 radical (unpaired) electrons. The van der Waals surface area contributed by atoms with Gasteiger partial charge in [0, 0.05) is 24.1 Å². The van der Waals surface area contributed by atoms with Crippen LogP contribution >= 0.6 is 0 Å². The number of carbonyl (C=O) groups is 1. The number of hydrogen-bond acceptors (Lipinski definition) is 4. The van der Waals surface area contributed by atoms with Crippen LogP contribution in [0.4, 0.5) is 5.69 Å². The molecule has 3 aromatic rings. The summed E-state index contributed by atoms with van der Waals surface area (Å²) in [4.78, 5) is 12.1. The minimum atomic E-state index is 0.00142. The van der Waals surface area contributed by atoms with Crippen LogP contribution in [0.5, 0.6) is 0 Å². The normalized spacial score (nSPS) is 10.8. The molecule has 3 rings (SSSR count).